The minimum absolute atomic E-state index is 0.0844. The summed E-state index contributed by atoms with van der Waals surface area (Å²) in [6, 6.07) is 8.90. The number of nitrogens with two attached hydrogens (primary N) is 1. The van der Waals surface area contributed by atoms with Gasteiger partial charge in [-0.05, 0) is 80.1 Å². The summed E-state index contributed by atoms with van der Waals surface area (Å²) in [5, 5.41) is 11.0. The van der Waals surface area contributed by atoms with Crippen LogP contribution in [0.5, 0.6) is 5.75 Å². The van der Waals surface area contributed by atoms with Gasteiger partial charge in [-0.15, -0.1) is 0 Å². The number of nitrogens with zero attached hydrogens (tertiary/aromatic N) is 3. The first-order chi connectivity index (χ1) is 16.6. The Hall–Kier alpha value is -3.07. The van der Waals surface area contributed by atoms with E-state index in [0.29, 0.717) is 26.1 Å². The molecular weight excluding hydrogens is 457 g/mol. The Balaban J connectivity index is 1.24. The highest BCUT2D eigenvalue weighted by molar-refractivity contribution is 5.95. The van der Waals surface area contributed by atoms with E-state index in [2.05, 4.69) is 11.1 Å². The third kappa shape index (κ3) is 4.49. The summed E-state index contributed by atoms with van der Waals surface area (Å²) in [4.78, 5) is 18.0. The topological polar surface area (TPSA) is 84.4 Å². The number of halogens is 3. The number of likely N-dealkylation sites (tertiary alicyclic amines) is 1. The van der Waals surface area contributed by atoms with Crippen LogP contribution in [-0.2, 0) is 6.54 Å². The predicted octanol–water partition coefficient (Wildman–Crippen LogP) is 4.80. The van der Waals surface area contributed by atoms with Gasteiger partial charge in [0.2, 0.25) is 0 Å². The van der Waals surface area contributed by atoms with Crippen molar-refractivity contribution in [3.8, 4) is 5.75 Å². The lowest BCUT2D eigenvalue weighted by Crippen LogP contribution is -2.53. The lowest BCUT2D eigenvalue weighted by Gasteiger charge is -2.47. The van der Waals surface area contributed by atoms with Crippen LogP contribution in [0.2, 0.25) is 0 Å². The van der Waals surface area contributed by atoms with E-state index in [1.54, 1.807) is 6.07 Å². The van der Waals surface area contributed by atoms with Gasteiger partial charge in [-0.3, -0.25) is 4.79 Å². The Morgan fingerprint density at radius 1 is 1.17 bits per heavy atom. The van der Waals surface area contributed by atoms with Crippen LogP contribution in [0.15, 0.2) is 42.7 Å². The first kappa shape index (κ1) is 23.7. The Morgan fingerprint density at radius 3 is 2.51 bits per heavy atom. The van der Waals surface area contributed by atoms with Crippen molar-refractivity contribution in [1.29, 1.82) is 0 Å². The molecule has 9 heteroatoms. The van der Waals surface area contributed by atoms with Crippen molar-refractivity contribution < 1.29 is 23.1 Å². The third-order valence-electron chi connectivity index (χ3n) is 7.80. The van der Waals surface area contributed by atoms with E-state index < -0.39 is 17.5 Å². The molecule has 1 saturated heterocycles. The number of aromatic hydroxyl groups is 1. The molecule has 3 N–H and O–H groups in total. The molecule has 186 valence electrons. The minimum Gasteiger partial charge on any atom is -0.507 e. The van der Waals surface area contributed by atoms with Gasteiger partial charge in [0.15, 0.2) is 0 Å². The number of piperidine rings is 1. The molecule has 1 saturated carbocycles. The largest absolute Gasteiger partial charge is 0.507 e. The highest BCUT2D eigenvalue weighted by Crippen LogP contribution is 2.53. The number of amides is 1. The number of aromatic nitrogens is 2. The van der Waals surface area contributed by atoms with E-state index in [9.17, 15) is 23.1 Å². The molecule has 0 bridgehead atoms. The zero-order valence-electron chi connectivity index (χ0n) is 19.4. The highest BCUT2D eigenvalue weighted by Gasteiger charge is 2.58. The van der Waals surface area contributed by atoms with Crippen molar-refractivity contribution in [2.75, 3.05) is 19.6 Å². The number of primary amides is 1. The van der Waals surface area contributed by atoms with Crippen LogP contribution in [0.1, 0.15) is 59.5 Å². The number of carbonyl (C=O) groups excluding carboxylic acids is 1. The lowest BCUT2D eigenvalue weighted by molar-refractivity contribution is -0.256. The Bertz CT molecular complexity index is 1240. The average Bonchev–Trinajstić information content (AvgIpc) is 3.17. The maximum atomic E-state index is 13.5. The normalized spacial score (nSPS) is 19.1. The van der Waals surface area contributed by atoms with Gasteiger partial charge in [0.25, 0.3) is 5.91 Å². The molecule has 2 aliphatic rings. The molecule has 2 fully saturated rings. The number of pyridine rings is 1. The second-order valence-electron chi connectivity index (χ2n) is 10.0. The predicted molar refractivity (Wildman–Crippen MR) is 126 cm³/mol. The number of alkyl halides is 3. The summed E-state index contributed by atoms with van der Waals surface area (Å²) in [6.45, 7) is 1.94. The summed E-state index contributed by atoms with van der Waals surface area (Å²) < 4.78 is 42.6. The quantitative estimate of drug-likeness (QED) is 0.524. The van der Waals surface area contributed by atoms with Crippen LogP contribution in [0.4, 0.5) is 13.2 Å². The van der Waals surface area contributed by atoms with Crippen molar-refractivity contribution >= 4 is 16.9 Å². The molecule has 5 rings (SSSR count). The van der Waals surface area contributed by atoms with Gasteiger partial charge in [0.1, 0.15) is 11.4 Å². The number of benzene rings is 1. The number of carbonyl (C=O) groups is 1. The molecule has 1 aliphatic carbocycles. The molecule has 35 heavy (non-hydrogen) atoms. The van der Waals surface area contributed by atoms with Gasteiger partial charge in [-0.2, -0.15) is 13.2 Å². The maximum Gasteiger partial charge on any atom is 0.395 e. The summed E-state index contributed by atoms with van der Waals surface area (Å²) in [6.07, 6.45) is 2.51. The number of phenols is 1. The van der Waals surface area contributed by atoms with E-state index in [1.165, 1.54) is 12.1 Å². The summed E-state index contributed by atoms with van der Waals surface area (Å²) >= 11 is 0. The van der Waals surface area contributed by atoms with Gasteiger partial charge < -0.3 is 20.3 Å². The van der Waals surface area contributed by atoms with Crippen LogP contribution < -0.4 is 5.73 Å². The second-order valence-corrected chi connectivity index (χ2v) is 10.0. The SMILES string of the molecule is NC(=O)c1ccc(Cn2ccc3cc(C4CCN(CC5(C(F)(F)F)CCC5)CC4)cnc32)cc1O. The first-order valence-electron chi connectivity index (χ1n) is 12.0. The fraction of sp³-hybridized carbons (Fsp3) is 0.462. The molecule has 0 spiro atoms. The zero-order chi connectivity index (χ0) is 24.8. The van der Waals surface area contributed by atoms with Gasteiger partial charge >= 0.3 is 6.18 Å². The second kappa shape index (κ2) is 8.86. The van der Waals surface area contributed by atoms with Gasteiger partial charge in [0.05, 0.1) is 11.0 Å². The molecule has 0 radical (unpaired) electrons. The van der Waals surface area contributed by atoms with Crippen molar-refractivity contribution in [3.05, 3.63) is 59.4 Å². The van der Waals surface area contributed by atoms with E-state index in [4.69, 9.17) is 5.73 Å². The van der Waals surface area contributed by atoms with Crippen LogP contribution in [-0.4, -0.2) is 51.3 Å². The van der Waals surface area contributed by atoms with E-state index in [1.807, 2.05) is 27.9 Å². The Labute approximate surface area is 201 Å². The highest BCUT2D eigenvalue weighted by atomic mass is 19.4. The maximum absolute atomic E-state index is 13.5. The van der Waals surface area contributed by atoms with Gasteiger partial charge in [0, 0.05) is 30.9 Å². The van der Waals surface area contributed by atoms with Crippen LogP contribution in [0.3, 0.4) is 0 Å². The van der Waals surface area contributed by atoms with Crippen LogP contribution in [0, 0.1) is 5.41 Å². The van der Waals surface area contributed by atoms with E-state index in [0.717, 1.165) is 35.0 Å². The molecule has 3 aromatic rings. The molecule has 6 nitrogen and oxygen atoms in total. The Kier molecular flexibility index (Phi) is 5.99. The number of rotatable bonds is 6. The fourth-order valence-corrected chi connectivity index (χ4v) is 5.51. The molecule has 1 amide bonds. The third-order valence-corrected chi connectivity index (χ3v) is 7.80. The number of fused-ring (bicyclic) bond motifs is 1. The van der Waals surface area contributed by atoms with Crippen molar-refractivity contribution in [1.82, 2.24) is 14.5 Å². The summed E-state index contributed by atoms with van der Waals surface area (Å²) in [5.41, 5.74) is 6.57. The molecule has 3 heterocycles. The zero-order valence-corrected chi connectivity index (χ0v) is 19.4. The molecule has 1 aromatic carbocycles. The van der Waals surface area contributed by atoms with Crippen molar-refractivity contribution in [3.63, 3.8) is 0 Å². The molecule has 0 unspecified atom stereocenters. The molecule has 0 atom stereocenters. The number of hydrogen-bond acceptors (Lipinski definition) is 4. The smallest absolute Gasteiger partial charge is 0.395 e. The molecule has 1 aliphatic heterocycles. The van der Waals surface area contributed by atoms with E-state index >= 15 is 0 Å². The van der Waals surface area contributed by atoms with Crippen LogP contribution in [0.25, 0.3) is 11.0 Å². The Morgan fingerprint density at radius 2 is 1.91 bits per heavy atom. The van der Waals surface area contributed by atoms with Crippen molar-refractivity contribution in [2.24, 2.45) is 11.1 Å². The minimum atomic E-state index is -4.12. The molecular formula is C26H29F3N4O2. The van der Waals surface area contributed by atoms with E-state index in [-0.39, 0.29) is 36.6 Å². The van der Waals surface area contributed by atoms with Gasteiger partial charge in [-0.25, -0.2) is 4.98 Å². The standard InChI is InChI=1S/C26H29F3N4O2/c27-26(28,29)25(7-1-8-25)16-32-9-4-18(5-10-32)20-13-19-6-11-33(24(19)31-14-20)15-17-2-3-21(23(30)35)22(34)12-17/h2-3,6,11-14,18,34H,1,4-5,7-10,15-16H2,(H2,30,35). The van der Waals surface area contributed by atoms with Crippen molar-refractivity contribution in [2.45, 2.75) is 50.7 Å². The number of hydrogen-bond donors (Lipinski definition) is 2. The average molecular weight is 487 g/mol. The molecule has 2 aromatic heterocycles. The van der Waals surface area contributed by atoms with Gasteiger partial charge in [-0.1, -0.05) is 12.5 Å². The first-order valence-corrected chi connectivity index (χ1v) is 12.0. The fourth-order valence-electron chi connectivity index (χ4n) is 5.51. The lowest BCUT2D eigenvalue weighted by atomic mass is 9.67. The monoisotopic (exact) mass is 486 g/mol. The van der Waals surface area contributed by atoms with Crippen LogP contribution >= 0.6 is 0 Å². The summed E-state index contributed by atoms with van der Waals surface area (Å²) in [5.74, 6) is -0.539. The summed E-state index contributed by atoms with van der Waals surface area (Å²) in [7, 11) is 0.